The third-order valence-corrected chi connectivity index (χ3v) is 2.71. The van der Waals surface area contributed by atoms with Gasteiger partial charge in [-0.25, -0.2) is 0 Å². The molecule has 0 aliphatic heterocycles. The highest BCUT2D eigenvalue weighted by molar-refractivity contribution is 5.45. The second-order valence-corrected chi connectivity index (χ2v) is 3.78. The first-order valence-corrected chi connectivity index (χ1v) is 5.01. The van der Waals surface area contributed by atoms with Crippen LogP contribution in [0.15, 0.2) is 24.3 Å². The van der Waals surface area contributed by atoms with E-state index < -0.39 is 0 Å². The van der Waals surface area contributed by atoms with Crippen molar-refractivity contribution < 1.29 is 0 Å². The van der Waals surface area contributed by atoms with Crippen LogP contribution in [-0.2, 0) is 5.41 Å². The Kier molecular flexibility index (Phi) is 2.46. The molecule has 1 aromatic carbocycles. The minimum absolute atomic E-state index is 0.222. The zero-order valence-corrected chi connectivity index (χ0v) is 8.46. The predicted octanol–water partition coefficient (Wildman–Crippen LogP) is 1.55. The molecule has 1 fully saturated rings. The molecule has 2 rings (SSSR count). The van der Waals surface area contributed by atoms with Gasteiger partial charge in [-0.3, -0.25) is 0 Å². The number of nitrogens with two attached hydrogens (primary N) is 1. The molecule has 0 heterocycles. The van der Waals surface area contributed by atoms with Crippen molar-refractivity contribution in [3.05, 3.63) is 35.4 Å². The number of benzene rings is 1. The number of hydrogen-bond acceptors (Lipinski definition) is 2. The van der Waals surface area contributed by atoms with E-state index >= 15 is 0 Å². The van der Waals surface area contributed by atoms with Gasteiger partial charge < -0.3 is 5.73 Å². The zero-order valence-electron chi connectivity index (χ0n) is 8.46. The quantitative estimate of drug-likeness (QED) is 0.693. The summed E-state index contributed by atoms with van der Waals surface area (Å²) in [6.07, 6.45) is 1.94. The van der Waals surface area contributed by atoms with Crippen LogP contribution in [0.2, 0.25) is 0 Å². The molecule has 2 N–H and O–H groups in total. The lowest BCUT2D eigenvalue weighted by Crippen LogP contribution is -2.02. The highest BCUT2D eigenvalue weighted by atomic mass is 14.5. The van der Waals surface area contributed by atoms with Crippen LogP contribution >= 0.6 is 0 Å². The van der Waals surface area contributed by atoms with Crippen molar-refractivity contribution in [2.75, 3.05) is 6.54 Å². The molecule has 1 aliphatic rings. The Morgan fingerprint density at radius 2 is 2.20 bits per heavy atom. The predicted molar refractivity (Wildman–Crippen MR) is 58.9 cm³/mol. The highest BCUT2D eigenvalue weighted by Crippen LogP contribution is 2.47. The van der Waals surface area contributed by atoms with Crippen molar-refractivity contribution in [2.45, 2.75) is 18.3 Å². The van der Waals surface area contributed by atoms with Crippen molar-refractivity contribution in [3.63, 3.8) is 0 Å². The van der Waals surface area contributed by atoms with E-state index in [2.05, 4.69) is 17.9 Å². The molecule has 74 valence electrons. The van der Waals surface area contributed by atoms with Gasteiger partial charge in [0.25, 0.3) is 0 Å². The average Bonchev–Trinajstić information content (AvgIpc) is 3.08. The molecule has 0 bridgehead atoms. The number of nitriles is 1. The summed E-state index contributed by atoms with van der Waals surface area (Å²) in [4.78, 5) is 0. The molecule has 0 radical (unpaired) electrons. The highest BCUT2D eigenvalue weighted by Gasteiger charge is 2.44. The van der Waals surface area contributed by atoms with E-state index in [0.717, 1.165) is 24.0 Å². The maximum absolute atomic E-state index is 9.07. The summed E-state index contributed by atoms with van der Waals surface area (Å²) in [5.41, 5.74) is 7.13. The second-order valence-electron chi connectivity index (χ2n) is 3.78. The maximum atomic E-state index is 9.07. The summed E-state index contributed by atoms with van der Waals surface area (Å²) in [6.45, 7) is 0.369. The molecule has 0 unspecified atom stereocenters. The topological polar surface area (TPSA) is 49.8 Å². The van der Waals surface area contributed by atoms with Gasteiger partial charge in [0.05, 0.1) is 18.0 Å². The molecule has 1 aromatic rings. The van der Waals surface area contributed by atoms with Crippen LogP contribution < -0.4 is 5.73 Å². The summed E-state index contributed by atoms with van der Waals surface area (Å²) in [5, 5.41) is 9.07. The van der Waals surface area contributed by atoms with Gasteiger partial charge in [-0.2, -0.15) is 5.26 Å². The van der Waals surface area contributed by atoms with Crippen LogP contribution in [0, 0.1) is 23.2 Å². The molecular formula is C13H12N2. The third-order valence-electron chi connectivity index (χ3n) is 2.71. The fraction of sp³-hybridized carbons (Fsp3) is 0.308. The van der Waals surface area contributed by atoms with E-state index in [1.807, 2.05) is 24.3 Å². The van der Waals surface area contributed by atoms with Gasteiger partial charge in [-0.1, -0.05) is 24.0 Å². The van der Waals surface area contributed by atoms with Crippen LogP contribution in [0.3, 0.4) is 0 Å². The molecule has 15 heavy (non-hydrogen) atoms. The Bertz CT molecular complexity index is 467. The third kappa shape index (κ3) is 1.86. The Balaban J connectivity index is 2.32. The molecule has 1 aliphatic carbocycles. The van der Waals surface area contributed by atoms with Gasteiger partial charge in [0.1, 0.15) is 0 Å². The monoisotopic (exact) mass is 196 g/mol. The smallest absolute Gasteiger partial charge is 0.0824 e. The van der Waals surface area contributed by atoms with Crippen LogP contribution in [0.25, 0.3) is 0 Å². The lowest BCUT2D eigenvalue weighted by molar-refractivity contribution is 0.908. The molecule has 1 saturated carbocycles. The van der Waals surface area contributed by atoms with Gasteiger partial charge in [0.15, 0.2) is 0 Å². The van der Waals surface area contributed by atoms with Crippen molar-refractivity contribution in [1.29, 1.82) is 5.26 Å². The van der Waals surface area contributed by atoms with Crippen LogP contribution in [0.4, 0.5) is 0 Å². The Labute approximate surface area is 89.7 Å². The van der Waals surface area contributed by atoms with Gasteiger partial charge >= 0.3 is 0 Å². The summed E-state index contributed by atoms with van der Waals surface area (Å²) < 4.78 is 0. The van der Waals surface area contributed by atoms with Crippen molar-refractivity contribution in [1.82, 2.24) is 0 Å². The molecule has 0 saturated heterocycles. The number of rotatable bonds is 1. The van der Waals surface area contributed by atoms with E-state index in [1.54, 1.807) is 0 Å². The SMILES string of the molecule is N#CC1(c2cccc(C#CCN)c2)CC1. The maximum Gasteiger partial charge on any atom is 0.0824 e. The molecule has 2 nitrogen and oxygen atoms in total. The molecule has 0 aromatic heterocycles. The van der Waals surface area contributed by atoms with E-state index in [0.29, 0.717) is 6.54 Å². The van der Waals surface area contributed by atoms with E-state index in [1.165, 1.54) is 0 Å². The molecular weight excluding hydrogens is 184 g/mol. The molecule has 0 atom stereocenters. The summed E-state index contributed by atoms with van der Waals surface area (Å²) in [5.74, 6) is 5.80. The first-order valence-electron chi connectivity index (χ1n) is 5.01. The summed E-state index contributed by atoms with van der Waals surface area (Å²) >= 11 is 0. The van der Waals surface area contributed by atoms with Crippen LogP contribution in [0.5, 0.6) is 0 Å². The first kappa shape index (κ1) is 9.77. The van der Waals surface area contributed by atoms with Crippen molar-refractivity contribution in [2.24, 2.45) is 5.73 Å². The minimum atomic E-state index is -0.222. The van der Waals surface area contributed by atoms with Gasteiger partial charge in [0, 0.05) is 5.56 Å². The largest absolute Gasteiger partial charge is 0.320 e. The Morgan fingerprint density at radius 3 is 2.80 bits per heavy atom. The first-order chi connectivity index (χ1) is 7.30. The summed E-state index contributed by atoms with van der Waals surface area (Å²) in [6, 6.07) is 10.3. The van der Waals surface area contributed by atoms with Gasteiger partial charge in [-0.15, -0.1) is 0 Å². The zero-order chi connectivity index (χ0) is 10.7. The fourth-order valence-electron chi connectivity index (χ4n) is 1.64. The number of nitrogens with zero attached hydrogens (tertiary/aromatic N) is 1. The molecule has 0 spiro atoms. The standard InChI is InChI=1S/C13H12N2/c14-8-2-4-11-3-1-5-12(9-11)13(10-15)6-7-13/h1,3,5,9H,6-8,14H2. The minimum Gasteiger partial charge on any atom is -0.320 e. The van der Waals surface area contributed by atoms with E-state index in [-0.39, 0.29) is 5.41 Å². The lowest BCUT2D eigenvalue weighted by atomic mass is 9.96. The van der Waals surface area contributed by atoms with Gasteiger partial charge in [0.2, 0.25) is 0 Å². The normalized spacial score (nSPS) is 16.0. The fourth-order valence-corrected chi connectivity index (χ4v) is 1.64. The Hall–Kier alpha value is -1.77. The van der Waals surface area contributed by atoms with Crippen molar-refractivity contribution >= 4 is 0 Å². The van der Waals surface area contributed by atoms with Gasteiger partial charge in [-0.05, 0) is 30.5 Å². The molecule has 0 amide bonds. The van der Waals surface area contributed by atoms with Crippen molar-refractivity contribution in [3.8, 4) is 17.9 Å². The van der Waals surface area contributed by atoms with Crippen LogP contribution in [-0.4, -0.2) is 6.54 Å². The lowest BCUT2D eigenvalue weighted by Gasteiger charge is -2.05. The second kappa shape index (κ2) is 3.77. The number of hydrogen-bond donors (Lipinski definition) is 1. The van der Waals surface area contributed by atoms with E-state index in [4.69, 9.17) is 11.0 Å². The van der Waals surface area contributed by atoms with Crippen LogP contribution in [0.1, 0.15) is 24.0 Å². The Morgan fingerprint density at radius 1 is 1.40 bits per heavy atom. The average molecular weight is 196 g/mol. The summed E-state index contributed by atoms with van der Waals surface area (Å²) in [7, 11) is 0. The van der Waals surface area contributed by atoms with E-state index in [9.17, 15) is 0 Å². The molecule has 2 heteroatoms.